The van der Waals surface area contributed by atoms with Crippen molar-refractivity contribution >= 4 is 11.9 Å². The molecule has 0 radical (unpaired) electrons. The van der Waals surface area contributed by atoms with Gasteiger partial charge in [-0.15, -0.1) is 0 Å². The summed E-state index contributed by atoms with van der Waals surface area (Å²) in [6.07, 6.45) is 10.6. The van der Waals surface area contributed by atoms with Gasteiger partial charge in [-0.2, -0.15) is 0 Å². The van der Waals surface area contributed by atoms with Crippen molar-refractivity contribution in [2.75, 3.05) is 0 Å². The molecule has 2 rings (SSSR count). The van der Waals surface area contributed by atoms with Crippen LogP contribution in [0.4, 0.5) is 4.79 Å². The zero-order valence-electron chi connectivity index (χ0n) is 14.1. The number of hydrogen-bond donors (Lipinski definition) is 3. The Balaban J connectivity index is 1.71. The zero-order valence-corrected chi connectivity index (χ0v) is 14.1. The summed E-state index contributed by atoms with van der Waals surface area (Å²) in [6, 6.07) is 0.214. The largest absolute Gasteiger partial charge is 0.335 e. The van der Waals surface area contributed by atoms with Crippen LogP contribution in [0.5, 0.6) is 0 Å². The van der Waals surface area contributed by atoms with Crippen molar-refractivity contribution in [1.82, 2.24) is 10.6 Å². The molecule has 0 unspecified atom stereocenters. The van der Waals surface area contributed by atoms with Gasteiger partial charge in [-0.1, -0.05) is 32.6 Å². The van der Waals surface area contributed by atoms with Crippen molar-refractivity contribution < 1.29 is 14.9 Å². The molecular weight excluding hydrogens is 278 g/mol. The third-order valence-electron chi connectivity index (χ3n) is 5.30. The molecule has 3 amide bonds. The molecule has 5 heteroatoms. The van der Waals surface area contributed by atoms with E-state index in [4.69, 9.17) is 0 Å². The van der Waals surface area contributed by atoms with Gasteiger partial charge in [0.2, 0.25) is 0 Å². The highest BCUT2D eigenvalue weighted by atomic mass is 16.2. The maximum Gasteiger partial charge on any atom is 0.321 e. The molecule has 2 fully saturated rings. The minimum absolute atomic E-state index is 0.175. The number of rotatable bonds is 4. The summed E-state index contributed by atoms with van der Waals surface area (Å²) in [5, 5.41) is 7.59. The van der Waals surface area contributed by atoms with E-state index in [1.165, 1.54) is 44.9 Å². The smallest absolute Gasteiger partial charge is 0.321 e. The standard InChI is InChI=1S/C17H31N3O2/c1-12-8-6-7-11-15(12)18-13(2)16(21)20-17(22)19-14-9-4-3-5-10-14/h12-15,18H,3-11H2,1-2H3,(H2,19,20,21,22)/p+1/t12-,13-,15+/m0/s1. The molecule has 2 saturated carbocycles. The molecular formula is C17H32N3O2+. The van der Waals surface area contributed by atoms with E-state index in [1.54, 1.807) is 0 Å². The molecule has 3 atom stereocenters. The monoisotopic (exact) mass is 310 g/mol. The summed E-state index contributed by atoms with van der Waals surface area (Å²) in [6.45, 7) is 4.16. The van der Waals surface area contributed by atoms with Crippen LogP contribution in [0.25, 0.3) is 0 Å². The zero-order chi connectivity index (χ0) is 15.9. The molecule has 4 N–H and O–H groups in total. The Morgan fingerprint density at radius 3 is 2.32 bits per heavy atom. The first-order chi connectivity index (χ1) is 10.6. The van der Waals surface area contributed by atoms with E-state index in [2.05, 4.69) is 22.9 Å². The van der Waals surface area contributed by atoms with Gasteiger partial charge in [-0.25, -0.2) is 4.79 Å². The fourth-order valence-corrected chi connectivity index (χ4v) is 3.78. The Hall–Kier alpha value is -1.10. The Kier molecular flexibility index (Phi) is 6.68. The third-order valence-corrected chi connectivity index (χ3v) is 5.30. The van der Waals surface area contributed by atoms with Gasteiger partial charge in [-0.3, -0.25) is 10.1 Å². The molecule has 0 spiro atoms. The van der Waals surface area contributed by atoms with E-state index in [0.717, 1.165) is 12.8 Å². The number of nitrogens with two attached hydrogens (primary N) is 1. The van der Waals surface area contributed by atoms with Crippen molar-refractivity contribution in [1.29, 1.82) is 0 Å². The van der Waals surface area contributed by atoms with Crippen LogP contribution in [0.15, 0.2) is 0 Å². The van der Waals surface area contributed by atoms with Gasteiger partial charge in [0.25, 0.3) is 5.91 Å². The molecule has 22 heavy (non-hydrogen) atoms. The van der Waals surface area contributed by atoms with Gasteiger partial charge in [0.1, 0.15) is 0 Å². The fourth-order valence-electron chi connectivity index (χ4n) is 3.78. The minimum Gasteiger partial charge on any atom is -0.335 e. The molecule has 2 aliphatic carbocycles. The van der Waals surface area contributed by atoms with Crippen molar-refractivity contribution in [3.63, 3.8) is 0 Å². The van der Waals surface area contributed by atoms with Crippen LogP contribution in [0.1, 0.15) is 71.6 Å². The van der Waals surface area contributed by atoms with E-state index in [1.807, 2.05) is 6.92 Å². The predicted molar refractivity (Wildman–Crippen MR) is 86.4 cm³/mol. The lowest BCUT2D eigenvalue weighted by Gasteiger charge is -2.28. The van der Waals surface area contributed by atoms with Crippen LogP contribution in [-0.4, -0.2) is 30.1 Å². The second-order valence-electron chi connectivity index (χ2n) is 7.20. The Labute approximate surface area is 134 Å². The van der Waals surface area contributed by atoms with Gasteiger partial charge in [-0.05, 0) is 39.0 Å². The molecule has 0 aromatic heterocycles. The van der Waals surface area contributed by atoms with Gasteiger partial charge >= 0.3 is 6.03 Å². The maximum atomic E-state index is 12.2. The predicted octanol–water partition coefficient (Wildman–Crippen LogP) is 1.68. The van der Waals surface area contributed by atoms with Crippen molar-refractivity contribution in [2.45, 2.75) is 89.8 Å². The SMILES string of the molecule is C[C@H]([NH2+][C@@H]1CCCC[C@@H]1C)C(=O)NC(=O)NC1CCCCC1. The molecule has 0 bridgehead atoms. The number of carbonyl (C=O) groups excluding carboxylic acids is 2. The molecule has 5 nitrogen and oxygen atoms in total. The Morgan fingerprint density at radius 1 is 1.00 bits per heavy atom. The molecule has 126 valence electrons. The second kappa shape index (κ2) is 8.51. The van der Waals surface area contributed by atoms with Crippen LogP contribution in [0.3, 0.4) is 0 Å². The van der Waals surface area contributed by atoms with Gasteiger partial charge in [0, 0.05) is 12.0 Å². The van der Waals surface area contributed by atoms with Crippen LogP contribution < -0.4 is 16.0 Å². The minimum atomic E-state index is -0.325. The van der Waals surface area contributed by atoms with Gasteiger partial charge in [0.15, 0.2) is 6.04 Å². The summed E-state index contributed by atoms with van der Waals surface area (Å²) >= 11 is 0. The third kappa shape index (κ3) is 5.27. The van der Waals surface area contributed by atoms with E-state index in [9.17, 15) is 9.59 Å². The van der Waals surface area contributed by atoms with Crippen molar-refractivity contribution in [3.8, 4) is 0 Å². The molecule has 0 aliphatic heterocycles. The summed E-state index contributed by atoms with van der Waals surface area (Å²) in [5.41, 5.74) is 0. The topological polar surface area (TPSA) is 74.8 Å². The highest BCUT2D eigenvalue weighted by Crippen LogP contribution is 2.21. The van der Waals surface area contributed by atoms with Crippen molar-refractivity contribution in [2.24, 2.45) is 5.92 Å². The molecule has 0 aromatic rings. The van der Waals surface area contributed by atoms with E-state index in [-0.39, 0.29) is 24.0 Å². The first-order valence-electron chi connectivity index (χ1n) is 9.02. The van der Waals surface area contributed by atoms with Gasteiger partial charge < -0.3 is 10.6 Å². The van der Waals surface area contributed by atoms with Crippen LogP contribution in [0.2, 0.25) is 0 Å². The van der Waals surface area contributed by atoms with Crippen LogP contribution in [0, 0.1) is 5.92 Å². The van der Waals surface area contributed by atoms with Crippen molar-refractivity contribution in [3.05, 3.63) is 0 Å². The molecule has 0 heterocycles. The van der Waals surface area contributed by atoms with Crippen LogP contribution >= 0.6 is 0 Å². The molecule has 2 aliphatic rings. The lowest BCUT2D eigenvalue weighted by Crippen LogP contribution is -2.98. The highest BCUT2D eigenvalue weighted by molar-refractivity contribution is 5.96. The normalized spacial score (nSPS) is 27.9. The molecule has 0 aromatic carbocycles. The number of amides is 3. The number of nitrogens with one attached hydrogen (secondary N) is 2. The second-order valence-corrected chi connectivity index (χ2v) is 7.20. The lowest BCUT2D eigenvalue weighted by atomic mass is 9.85. The first-order valence-corrected chi connectivity index (χ1v) is 9.02. The summed E-state index contributed by atoms with van der Waals surface area (Å²) in [4.78, 5) is 24.1. The quantitative estimate of drug-likeness (QED) is 0.739. The average molecular weight is 310 g/mol. The van der Waals surface area contributed by atoms with Gasteiger partial charge in [0.05, 0.1) is 6.04 Å². The number of quaternary nitrogens is 1. The maximum absolute atomic E-state index is 12.2. The van der Waals surface area contributed by atoms with E-state index >= 15 is 0 Å². The highest BCUT2D eigenvalue weighted by Gasteiger charge is 2.29. The van der Waals surface area contributed by atoms with E-state index in [0.29, 0.717) is 12.0 Å². The summed E-state index contributed by atoms with van der Waals surface area (Å²) in [5.74, 6) is 0.478. The summed E-state index contributed by atoms with van der Waals surface area (Å²) in [7, 11) is 0. The number of hydrogen-bond acceptors (Lipinski definition) is 2. The first kappa shape index (κ1) is 17.3. The average Bonchev–Trinajstić information content (AvgIpc) is 2.50. The number of urea groups is 1. The van der Waals surface area contributed by atoms with E-state index < -0.39 is 0 Å². The number of imide groups is 1. The fraction of sp³-hybridized carbons (Fsp3) is 0.882. The molecule has 0 saturated heterocycles. The summed E-state index contributed by atoms with van der Waals surface area (Å²) < 4.78 is 0. The van der Waals surface area contributed by atoms with Crippen LogP contribution in [-0.2, 0) is 4.79 Å². The number of carbonyl (C=O) groups is 2. The Bertz CT molecular complexity index is 380. The lowest BCUT2D eigenvalue weighted by molar-refractivity contribution is -0.714. The Morgan fingerprint density at radius 2 is 1.64 bits per heavy atom.